The summed E-state index contributed by atoms with van der Waals surface area (Å²) in [5.41, 5.74) is 2.55. The molecule has 0 fully saturated rings. The molecule has 24 heavy (non-hydrogen) atoms. The second kappa shape index (κ2) is 8.69. The Morgan fingerprint density at radius 1 is 1.17 bits per heavy atom. The van der Waals surface area contributed by atoms with Crippen LogP contribution >= 0.6 is 0 Å². The number of hydrogen-bond donors (Lipinski definition) is 1. The quantitative estimate of drug-likeness (QED) is 0.807. The van der Waals surface area contributed by atoms with Crippen molar-refractivity contribution < 1.29 is 9.21 Å². The maximum absolute atomic E-state index is 12.2. The summed E-state index contributed by atoms with van der Waals surface area (Å²) in [5.74, 6) is 1.85. The summed E-state index contributed by atoms with van der Waals surface area (Å²) in [7, 11) is 0. The largest absolute Gasteiger partial charge is 0.465 e. The van der Waals surface area contributed by atoms with Gasteiger partial charge < -0.3 is 9.73 Å². The van der Waals surface area contributed by atoms with Crippen molar-refractivity contribution in [3.8, 4) is 0 Å². The van der Waals surface area contributed by atoms with E-state index in [1.807, 2.05) is 31.2 Å². The normalized spacial score (nSPS) is 11.2. The number of carbonyl (C=O) groups excluding carboxylic acids is 1. The highest BCUT2D eigenvalue weighted by Crippen LogP contribution is 2.11. The lowest BCUT2D eigenvalue weighted by molar-refractivity contribution is -0.122. The molecule has 1 aromatic carbocycles. The lowest BCUT2D eigenvalue weighted by Crippen LogP contribution is -2.40. The van der Waals surface area contributed by atoms with Crippen LogP contribution in [0.4, 0.5) is 0 Å². The van der Waals surface area contributed by atoms with E-state index in [2.05, 4.69) is 43.1 Å². The Morgan fingerprint density at radius 3 is 2.54 bits per heavy atom. The van der Waals surface area contributed by atoms with Crippen molar-refractivity contribution in [1.29, 1.82) is 0 Å². The molecule has 130 valence electrons. The van der Waals surface area contributed by atoms with Crippen LogP contribution in [-0.2, 0) is 17.8 Å². The number of furan rings is 1. The molecule has 4 heteroatoms. The van der Waals surface area contributed by atoms with Crippen molar-refractivity contribution in [2.75, 3.05) is 13.1 Å². The zero-order valence-corrected chi connectivity index (χ0v) is 15.1. The van der Waals surface area contributed by atoms with Crippen molar-refractivity contribution in [2.24, 2.45) is 0 Å². The van der Waals surface area contributed by atoms with Crippen LogP contribution < -0.4 is 5.32 Å². The molecule has 0 saturated carbocycles. The smallest absolute Gasteiger partial charge is 0.234 e. The summed E-state index contributed by atoms with van der Waals surface area (Å²) >= 11 is 0. The molecule has 4 nitrogen and oxygen atoms in total. The first-order chi connectivity index (χ1) is 11.5. The van der Waals surface area contributed by atoms with Gasteiger partial charge in [-0.2, -0.15) is 0 Å². The molecule has 1 heterocycles. The van der Waals surface area contributed by atoms with Gasteiger partial charge in [0.05, 0.1) is 13.1 Å². The molecule has 0 aliphatic rings. The summed E-state index contributed by atoms with van der Waals surface area (Å²) in [6.07, 6.45) is 0.859. The third-order valence-electron chi connectivity index (χ3n) is 4.21. The molecule has 0 unspecified atom stereocenters. The maximum Gasteiger partial charge on any atom is 0.234 e. The van der Waals surface area contributed by atoms with Gasteiger partial charge in [0.2, 0.25) is 5.91 Å². The number of aryl methyl sites for hydroxylation is 2. The molecule has 1 N–H and O–H groups in total. The van der Waals surface area contributed by atoms with Crippen LogP contribution in [0.1, 0.15) is 36.5 Å². The minimum absolute atomic E-state index is 0.0561. The first-order valence-electron chi connectivity index (χ1n) is 8.56. The van der Waals surface area contributed by atoms with Gasteiger partial charge in [0, 0.05) is 12.6 Å². The van der Waals surface area contributed by atoms with Gasteiger partial charge in [-0.05, 0) is 57.4 Å². The van der Waals surface area contributed by atoms with E-state index in [4.69, 9.17) is 4.42 Å². The molecule has 2 aromatic rings. The monoisotopic (exact) mass is 328 g/mol. The maximum atomic E-state index is 12.2. The van der Waals surface area contributed by atoms with E-state index in [1.165, 1.54) is 11.1 Å². The third-order valence-corrected chi connectivity index (χ3v) is 4.21. The van der Waals surface area contributed by atoms with Crippen molar-refractivity contribution in [2.45, 2.75) is 46.7 Å². The summed E-state index contributed by atoms with van der Waals surface area (Å²) in [6.45, 7) is 9.91. The summed E-state index contributed by atoms with van der Waals surface area (Å²) in [6, 6.07) is 12.5. The van der Waals surface area contributed by atoms with Gasteiger partial charge in [-0.15, -0.1) is 0 Å². The number of rotatable bonds is 8. The van der Waals surface area contributed by atoms with E-state index in [9.17, 15) is 4.79 Å². The molecule has 1 amide bonds. The third kappa shape index (κ3) is 5.53. The average molecular weight is 328 g/mol. The molecule has 0 spiro atoms. The Labute approximate surface area is 144 Å². The molecule has 0 aliphatic carbocycles. The lowest BCUT2D eigenvalue weighted by atomic mass is 10.1. The zero-order chi connectivity index (χ0) is 17.5. The van der Waals surface area contributed by atoms with Crippen LogP contribution in [0, 0.1) is 13.8 Å². The molecule has 0 atom stereocenters. The standard InChI is InChI=1S/C20H28N2O2/c1-15(2)22(13-19-10-9-17(4)24-19)14-20(23)21-12-11-18-8-6-5-7-16(18)3/h5-10,15H,11-14H2,1-4H3,(H,21,23). The highest BCUT2D eigenvalue weighted by Gasteiger charge is 2.16. The van der Waals surface area contributed by atoms with Crippen LogP contribution in [0.5, 0.6) is 0 Å². The molecule has 0 bridgehead atoms. The molecule has 0 saturated heterocycles. The van der Waals surface area contributed by atoms with Crippen LogP contribution in [0.15, 0.2) is 40.8 Å². The van der Waals surface area contributed by atoms with E-state index in [-0.39, 0.29) is 11.9 Å². The molecular weight excluding hydrogens is 300 g/mol. The Morgan fingerprint density at radius 2 is 1.92 bits per heavy atom. The Hall–Kier alpha value is -2.07. The predicted octanol–water partition coefficient (Wildman–Crippen LogP) is 3.47. The van der Waals surface area contributed by atoms with Crippen molar-refractivity contribution in [1.82, 2.24) is 10.2 Å². The summed E-state index contributed by atoms with van der Waals surface area (Å²) < 4.78 is 5.62. The molecular formula is C20H28N2O2. The Kier molecular flexibility index (Phi) is 6.62. The number of amides is 1. The number of hydrogen-bond acceptors (Lipinski definition) is 3. The van der Waals surface area contributed by atoms with Gasteiger partial charge in [0.15, 0.2) is 0 Å². The molecule has 0 aliphatic heterocycles. The minimum Gasteiger partial charge on any atom is -0.465 e. The van der Waals surface area contributed by atoms with Gasteiger partial charge in [0.1, 0.15) is 11.5 Å². The fraction of sp³-hybridized carbons (Fsp3) is 0.450. The Balaban J connectivity index is 1.81. The van der Waals surface area contributed by atoms with Crippen LogP contribution in [0.25, 0.3) is 0 Å². The first-order valence-corrected chi connectivity index (χ1v) is 8.56. The van der Waals surface area contributed by atoms with Crippen molar-refractivity contribution in [3.05, 3.63) is 59.0 Å². The van der Waals surface area contributed by atoms with E-state index in [1.54, 1.807) is 0 Å². The van der Waals surface area contributed by atoms with Gasteiger partial charge in [-0.3, -0.25) is 9.69 Å². The fourth-order valence-corrected chi connectivity index (χ4v) is 2.66. The second-order valence-electron chi connectivity index (χ2n) is 6.54. The van der Waals surface area contributed by atoms with Crippen LogP contribution in [0.3, 0.4) is 0 Å². The van der Waals surface area contributed by atoms with E-state index < -0.39 is 0 Å². The van der Waals surface area contributed by atoms with E-state index in [0.717, 1.165) is 17.9 Å². The molecule has 1 aromatic heterocycles. The van der Waals surface area contributed by atoms with Gasteiger partial charge >= 0.3 is 0 Å². The average Bonchev–Trinajstić information content (AvgIpc) is 2.93. The number of nitrogens with zero attached hydrogens (tertiary/aromatic N) is 1. The number of carbonyl (C=O) groups is 1. The number of nitrogens with one attached hydrogen (secondary N) is 1. The highest BCUT2D eigenvalue weighted by molar-refractivity contribution is 5.78. The summed E-state index contributed by atoms with van der Waals surface area (Å²) in [5, 5.41) is 3.02. The lowest BCUT2D eigenvalue weighted by Gasteiger charge is -2.24. The molecule has 0 radical (unpaired) electrons. The second-order valence-corrected chi connectivity index (χ2v) is 6.54. The Bertz CT molecular complexity index is 661. The fourth-order valence-electron chi connectivity index (χ4n) is 2.66. The van der Waals surface area contributed by atoms with Crippen molar-refractivity contribution in [3.63, 3.8) is 0 Å². The van der Waals surface area contributed by atoms with Crippen molar-refractivity contribution >= 4 is 5.91 Å². The van der Waals surface area contributed by atoms with Gasteiger partial charge in [-0.1, -0.05) is 24.3 Å². The van der Waals surface area contributed by atoms with E-state index in [0.29, 0.717) is 19.6 Å². The topological polar surface area (TPSA) is 45.5 Å². The van der Waals surface area contributed by atoms with Crippen LogP contribution in [0.2, 0.25) is 0 Å². The first kappa shape index (κ1) is 18.3. The molecule has 2 rings (SSSR count). The SMILES string of the molecule is Cc1ccc(CN(CC(=O)NCCc2ccccc2C)C(C)C)o1. The highest BCUT2D eigenvalue weighted by atomic mass is 16.3. The zero-order valence-electron chi connectivity index (χ0n) is 15.1. The van der Waals surface area contributed by atoms with Gasteiger partial charge in [0.25, 0.3) is 0 Å². The number of benzene rings is 1. The van der Waals surface area contributed by atoms with Gasteiger partial charge in [-0.25, -0.2) is 0 Å². The minimum atomic E-state index is 0.0561. The van der Waals surface area contributed by atoms with Crippen LogP contribution in [-0.4, -0.2) is 29.9 Å². The summed E-state index contributed by atoms with van der Waals surface area (Å²) in [4.78, 5) is 14.4. The van der Waals surface area contributed by atoms with E-state index >= 15 is 0 Å². The predicted molar refractivity (Wildman–Crippen MR) is 96.9 cm³/mol.